The molecule has 3 rings (SSSR count). The van der Waals surface area contributed by atoms with E-state index < -0.39 is 28.5 Å². The monoisotopic (exact) mass is 569 g/mol. The van der Waals surface area contributed by atoms with E-state index in [0.29, 0.717) is 11.4 Å². The number of aryl methyl sites for hydroxylation is 1. The van der Waals surface area contributed by atoms with Crippen LogP contribution in [0.5, 0.6) is 0 Å². The molecule has 0 heterocycles. The standard InChI is InChI=1S/C30H36ClN3O4S/c1-5-23(4)32-30(36)28(6-2)33(20-24-13-10-12-22(3)18-24)29(35)21-34(26-15-11-14-25(31)19-26)39(37,38)27-16-8-7-9-17-27/h7-19,23,28H,5-6,20-21H2,1-4H3,(H,32,36)/t23-,28+/m0/s1. The van der Waals surface area contributed by atoms with Crippen molar-refractivity contribution in [3.05, 3.63) is 95.0 Å². The number of halogens is 1. The summed E-state index contributed by atoms with van der Waals surface area (Å²) >= 11 is 6.21. The summed E-state index contributed by atoms with van der Waals surface area (Å²) in [5, 5.41) is 3.32. The van der Waals surface area contributed by atoms with Gasteiger partial charge in [0.2, 0.25) is 11.8 Å². The van der Waals surface area contributed by atoms with E-state index in [1.54, 1.807) is 36.4 Å². The molecule has 7 nitrogen and oxygen atoms in total. The molecule has 2 amide bonds. The number of anilines is 1. The van der Waals surface area contributed by atoms with E-state index in [1.165, 1.54) is 23.1 Å². The zero-order valence-corrected chi connectivity index (χ0v) is 24.4. The molecule has 0 aromatic heterocycles. The van der Waals surface area contributed by atoms with Crippen molar-refractivity contribution in [2.45, 2.75) is 64.1 Å². The molecule has 0 aliphatic rings. The molecule has 2 atom stereocenters. The van der Waals surface area contributed by atoms with Crippen molar-refractivity contribution < 1.29 is 18.0 Å². The fraction of sp³-hybridized carbons (Fsp3) is 0.333. The van der Waals surface area contributed by atoms with Crippen molar-refractivity contribution in [2.24, 2.45) is 0 Å². The first-order valence-electron chi connectivity index (χ1n) is 13.1. The number of hydrogen-bond acceptors (Lipinski definition) is 4. The van der Waals surface area contributed by atoms with Crippen LogP contribution in [0.1, 0.15) is 44.7 Å². The van der Waals surface area contributed by atoms with E-state index in [0.717, 1.165) is 21.9 Å². The Morgan fingerprint density at radius 3 is 2.23 bits per heavy atom. The first kappa shape index (κ1) is 30.2. The Labute approximate surface area is 236 Å². The summed E-state index contributed by atoms with van der Waals surface area (Å²) < 4.78 is 28.6. The second-order valence-electron chi connectivity index (χ2n) is 9.56. The Kier molecular flexibility index (Phi) is 10.5. The number of hydrogen-bond donors (Lipinski definition) is 1. The topological polar surface area (TPSA) is 86.8 Å². The number of benzene rings is 3. The van der Waals surface area contributed by atoms with Crippen molar-refractivity contribution in [2.75, 3.05) is 10.8 Å². The molecule has 9 heteroatoms. The van der Waals surface area contributed by atoms with Crippen LogP contribution in [-0.4, -0.2) is 43.8 Å². The Morgan fingerprint density at radius 1 is 0.923 bits per heavy atom. The van der Waals surface area contributed by atoms with Gasteiger partial charge in [0.1, 0.15) is 12.6 Å². The lowest BCUT2D eigenvalue weighted by Gasteiger charge is -2.33. The van der Waals surface area contributed by atoms with Crippen molar-refractivity contribution in [3.63, 3.8) is 0 Å². The number of nitrogens with zero attached hydrogens (tertiary/aromatic N) is 2. The molecule has 0 aliphatic heterocycles. The van der Waals surface area contributed by atoms with Crippen LogP contribution in [0.3, 0.4) is 0 Å². The van der Waals surface area contributed by atoms with Gasteiger partial charge in [-0.05, 0) is 62.6 Å². The highest BCUT2D eigenvalue weighted by molar-refractivity contribution is 7.92. The molecule has 0 spiro atoms. The summed E-state index contributed by atoms with van der Waals surface area (Å²) in [6.07, 6.45) is 1.11. The maximum atomic E-state index is 14.0. The number of rotatable bonds is 12. The van der Waals surface area contributed by atoms with Gasteiger partial charge in [0.25, 0.3) is 10.0 Å². The van der Waals surface area contributed by atoms with Gasteiger partial charge in [-0.3, -0.25) is 13.9 Å². The molecule has 1 N–H and O–H groups in total. The highest BCUT2D eigenvalue weighted by Crippen LogP contribution is 2.27. The average Bonchev–Trinajstić information content (AvgIpc) is 2.91. The number of carbonyl (C=O) groups excluding carboxylic acids is 2. The maximum absolute atomic E-state index is 14.0. The molecule has 0 aliphatic carbocycles. The third-order valence-corrected chi connectivity index (χ3v) is 8.55. The fourth-order valence-corrected chi connectivity index (χ4v) is 5.86. The van der Waals surface area contributed by atoms with Gasteiger partial charge >= 0.3 is 0 Å². The van der Waals surface area contributed by atoms with Gasteiger partial charge in [-0.15, -0.1) is 0 Å². The van der Waals surface area contributed by atoms with Crippen LogP contribution in [0, 0.1) is 6.92 Å². The highest BCUT2D eigenvalue weighted by atomic mass is 35.5. The van der Waals surface area contributed by atoms with Crippen LogP contribution < -0.4 is 9.62 Å². The van der Waals surface area contributed by atoms with Gasteiger partial charge < -0.3 is 10.2 Å². The number of nitrogens with one attached hydrogen (secondary N) is 1. The lowest BCUT2D eigenvalue weighted by Crippen LogP contribution is -2.53. The molecule has 0 radical (unpaired) electrons. The van der Waals surface area contributed by atoms with Crippen LogP contribution in [0.4, 0.5) is 5.69 Å². The SMILES string of the molecule is CC[C@H](C(=O)N[C@@H](C)CC)N(Cc1cccc(C)c1)C(=O)CN(c1cccc(Cl)c1)S(=O)(=O)c1ccccc1. The molecular formula is C30H36ClN3O4S. The summed E-state index contributed by atoms with van der Waals surface area (Å²) in [6, 6.07) is 21.2. The molecule has 0 unspecified atom stereocenters. The van der Waals surface area contributed by atoms with E-state index in [4.69, 9.17) is 11.6 Å². The predicted molar refractivity (Wildman–Crippen MR) is 156 cm³/mol. The average molecular weight is 570 g/mol. The largest absolute Gasteiger partial charge is 0.352 e. The van der Waals surface area contributed by atoms with Gasteiger partial charge in [0.15, 0.2) is 0 Å². The normalized spacial score (nSPS) is 12.8. The lowest BCUT2D eigenvalue weighted by atomic mass is 10.1. The van der Waals surface area contributed by atoms with E-state index in [9.17, 15) is 18.0 Å². The Morgan fingerprint density at radius 2 is 1.62 bits per heavy atom. The summed E-state index contributed by atoms with van der Waals surface area (Å²) in [5.41, 5.74) is 2.12. The van der Waals surface area contributed by atoms with Crippen LogP contribution in [0.15, 0.2) is 83.8 Å². The van der Waals surface area contributed by atoms with Crippen molar-refractivity contribution in [1.82, 2.24) is 10.2 Å². The molecule has 0 saturated heterocycles. The van der Waals surface area contributed by atoms with Gasteiger partial charge in [-0.2, -0.15) is 0 Å². The number of amides is 2. The molecule has 208 valence electrons. The minimum Gasteiger partial charge on any atom is -0.352 e. The summed E-state index contributed by atoms with van der Waals surface area (Å²) in [5.74, 6) is -0.768. The third kappa shape index (κ3) is 7.83. The smallest absolute Gasteiger partial charge is 0.264 e. The van der Waals surface area contributed by atoms with Gasteiger partial charge in [0, 0.05) is 17.6 Å². The molecule has 0 saturated carbocycles. The first-order chi connectivity index (χ1) is 18.6. The summed E-state index contributed by atoms with van der Waals surface area (Å²) in [7, 11) is -4.13. The third-order valence-electron chi connectivity index (χ3n) is 6.53. The van der Waals surface area contributed by atoms with Crippen molar-refractivity contribution >= 4 is 39.1 Å². The quantitative estimate of drug-likeness (QED) is 0.309. The van der Waals surface area contributed by atoms with Gasteiger partial charge in [-0.25, -0.2) is 8.42 Å². The minimum absolute atomic E-state index is 0.0459. The second-order valence-corrected chi connectivity index (χ2v) is 11.9. The molecule has 0 fully saturated rings. The van der Waals surface area contributed by atoms with Gasteiger partial charge in [0.05, 0.1) is 10.6 Å². The van der Waals surface area contributed by atoms with E-state index in [2.05, 4.69) is 5.32 Å². The fourth-order valence-electron chi connectivity index (χ4n) is 4.25. The Bertz CT molecular complexity index is 1380. The molecule has 39 heavy (non-hydrogen) atoms. The minimum atomic E-state index is -4.13. The molecular weight excluding hydrogens is 534 g/mol. The van der Waals surface area contributed by atoms with Crippen LogP contribution in [-0.2, 0) is 26.2 Å². The second kappa shape index (κ2) is 13.6. The summed E-state index contributed by atoms with van der Waals surface area (Å²) in [4.78, 5) is 28.9. The molecule has 3 aromatic rings. The van der Waals surface area contributed by atoms with Crippen molar-refractivity contribution in [1.29, 1.82) is 0 Å². The molecule has 0 bridgehead atoms. The zero-order valence-electron chi connectivity index (χ0n) is 22.8. The van der Waals surface area contributed by atoms with E-state index in [1.807, 2.05) is 52.0 Å². The highest BCUT2D eigenvalue weighted by Gasteiger charge is 2.34. The number of carbonyl (C=O) groups is 2. The van der Waals surface area contributed by atoms with Crippen LogP contribution >= 0.6 is 11.6 Å². The van der Waals surface area contributed by atoms with Crippen LogP contribution in [0.25, 0.3) is 0 Å². The number of sulfonamides is 1. The maximum Gasteiger partial charge on any atom is 0.264 e. The van der Waals surface area contributed by atoms with Crippen molar-refractivity contribution in [3.8, 4) is 0 Å². The summed E-state index contributed by atoms with van der Waals surface area (Å²) in [6.45, 7) is 7.32. The lowest BCUT2D eigenvalue weighted by molar-refractivity contribution is -0.140. The Hall–Kier alpha value is -3.36. The molecule has 3 aromatic carbocycles. The Balaban J connectivity index is 2.05. The van der Waals surface area contributed by atoms with E-state index >= 15 is 0 Å². The van der Waals surface area contributed by atoms with E-state index in [-0.39, 0.29) is 29.1 Å². The van der Waals surface area contributed by atoms with Crippen LogP contribution in [0.2, 0.25) is 5.02 Å². The predicted octanol–water partition coefficient (Wildman–Crippen LogP) is 5.57. The van der Waals surface area contributed by atoms with Gasteiger partial charge in [-0.1, -0.05) is 79.5 Å². The zero-order chi connectivity index (χ0) is 28.6. The first-order valence-corrected chi connectivity index (χ1v) is 14.9.